The van der Waals surface area contributed by atoms with Crippen LogP contribution in [0.3, 0.4) is 0 Å². The molecule has 1 aromatic carbocycles. The fourth-order valence-electron chi connectivity index (χ4n) is 2.19. The van der Waals surface area contributed by atoms with Crippen LogP contribution >= 0.6 is 0 Å². The molecule has 0 aliphatic rings. The average molecular weight is 270 g/mol. The first-order chi connectivity index (χ1) is 9.86. The zero-order chi connectivity index (χ0) is 14.2. The number of para-hydroxylation sites is 1. The Morgan fingerprint density at radius 1 is 1.10 bits per heavy atom. The number of nitrogens with one attached hydrogen (secondary N) is 1. The molecular formula is C17H22N2O. The van der Waals surface area contributed by atoms with Gasteiger partial charge in [0.05, 0.1) is 18.3 Å². The molecule has 1 N–H and O–H groups in total. The molecule has 1 heterocycles. The quantitative estimate of drug-likeness (QED) is 0.835. The lowest BCUT2D eigenvalue weighted by molar-refractivity contribution is 0.311. The first-order valence-electron chi connectivity index (χ1n) is 7.22. The highest BCUT2D eigenvalue weighted by atomic mass is 16.5. The summed E-state index contributed by atoms with van der Waals surface area (Å²) in [4.78, 5) is 4.48. The second kappa shape index (κ2) is 7.65. The minimum absolute atomic E-state index is 0.0641. The number of rotatable bonds is 7. The van der Waals surface area contributed by atoms with Gasteiger partial charge in [-0.2, -0.15) is 0 Å². The van der Waals surface area contributed by atoms with Crippen LogP contribution in [0.2, 0.25) is 0 Å². The molecule has 0 saturated heterocycles. The SMILES string of the molecule is CCCOc1ccccc1C(NCC)c1ccccn1. The first kappa shape index (κ1) is 14.5. The minimum Gasteiger partial charge on any atom is -0.493 e. The van der Waals surface area contributed by atoms with Crippen molar-refractivity contribution >= 4 is 0 Å². The van der Waals surface area contributed by atoms with Crippen molar-refractivity contribution in [3.63, 3.8) is 0 Å². The second-order valence-electron chi connectivity index (χ2n) is 4.63. The third-order valence-electron chi connectivity index (χ3n) is 3.08. The fourth-order valence-corrected chi connectivity index (χ4v) is 2.19. The second-order valence-corrected chi connectivity index (χ2v) is 4.63. The molecule has 0 bridgehead atoms. The van der Waals surface area contributed by atoms with E-state index in [-0.39, 0.29) is 6.04 Å². The molecule has 0 fully saturated rings. The Kier molecular flexibility index (Phi) is 5.56. The number of ether oxygens (including phenoxy) is 1. The van der Waals surface area contributed by atoms with Crippen LogP contribution in [0, 0.1) is 0 Å². The van der Waals surface area contributed by atoms with Crippen molar-refractivity contribution in [1.82, 2.24) is 10.3 Å². The van der Waals surface area contributed by atoms with Gasteiger partial charge in [-0.15, -0.1) is 0 Å². The third-order valence-corrected chi connectivity index (χ3v) is 3.08. The summed E-state index contributed by atoms with van der Waals surface area (Å²) in [6.45, 7) is 5.83. The number of benzene rings is 1. The van der Waals surface area contributed by atoms with E-state index in [9.17, 15) is 0 Å². The van der Waals surface area contributed by atoms with Crippen molar-refractivity contribution in [3.8, 4) is 5.75 Å². The Bertz CT molecular complexity index is 513. The summed E-state index contributed by atoms with van der Waals surface area (Å²) in [5, 5.41) is 3.49. The van der Waals surface area contributed by atoms with Crippen LogP contribution in [0.25, 0.3) is 0 Å². The van der Waals surface area contributed by atoms with E-state index in [2.05, 4.69) is 30.2 Å². The first-order valence-corrected chi connectivity index (χ1v) is 7.22. The molecule has 106 valence electrons. The molecule has 1 unspecified atom stereocenters. The number of hydrogen-bond acceptors (Lipinski definition) is 3. The van der Waals surface area contributed by atoms with Crippen molar-refractivity contribution in [2.75, 3.05) is 13.2 Å². The Balaban J connectivity index is 2.34. The van der Waals surface area contributed by atoms with E-state index >= 15 is 0 Å². The smallest absolute Gasteiger partial charge is 0.124 e. The van der Waals surface area contributed by atoms with Gasteiger partial charge in [-0.05, 0) is 31.2 Å². The molecule has 0 spiro atoms. The van der Waals surface area contributed by atoms with E-state index in [1.165, 1.54) is 0 Å². The van der Waals surface area contributed by atoms with E-state index in [0.717, 1.165) is 36.6 Å². The molecule has 0 amide bonds. The number of aromatic nitrogens is 1. The molecule has 0 radical (unpaired) electrons. The van der Waals surface area contributed by atoms with Gasteiger partial charge in [0.15, 0.2) is 0 Å². The molecule has 1 aromatic heterocycles. The van der Waals surface area contributed by atoms with Crippen molar-refractivity contribution < 1.29 is 4.74 Å². The van der Waals surface area contributed by atoms with Gasteiger partial charge in [-0.25, -0.2) is 0 Å². The summed E-state index contributed by atoms with van der Waals surface area (Å²) in [5.74, 6) is 0.936. The lowest BCUT2D eigenvalue weighted by Crippen LogP contribution is -2.23. The Morgan fingerprint density at radius 3 is 2.60 bits per heavy atom. The fraction of sp³-hybridized carbons (Fsp3) is 0.353. The Hall–Kier alpha value is -1.87. The highest BCUT2D eigenvalue weighted by Gasteiger charge is 2.18. The summed E-state index contributed by atoms with van der Waals surface area (Å²) in [7, 11) is 0. The van der Waals surface area contributed by atoms with Crippen LogP contribution in [-0.4, -0.2) is 18.1 Å². The standard InChI is InChI=1S/C17H22N2O/c1-3-13-20-16-11-6-5-9-14(16)17(18-4-2)15-10-7-8-12-19-15/h5-12,17-18H,3-4,13H2,1-2H3. The molecular weight excluding hydrogens is 248 g/mol. The van der Waals surface area contributed by atoms with Crippen molar-refractivity contribution in [2.24, 2.45) is 0 Å². The molecule has 0 aliphatic heterocycles. The van der Waals surface area contributed by atoms with Gasteiger partial charge in [-0.3, -0.25) is 4.98 Å². The summed E-state index contributed by atoms with van der Waals surface area (Å²) < 4.78 is 5.87. The van der Waals surface area contributed by atoms with Gasteiger partial charge in [0.2, 0.25) is 0 Å². The van der Waals surface area contributed by atoms with E-state index < -0.39 is 0 Å². The molecule has 3 heteroatoms. The van der Waals surface area contributed by atoms with Gasteiger partial charge in [0.25, 0.3) is 0 Å². The maximum atomic E-state index is 5.87. The van der Waals surface area contributed by atoms with Crippen LogP contribution in [-0.2, 0) is 0 Å². The Morgan fingerprint density at radius 2 is 1.90 bits per heavy atom. The van der Waals surface area contributed by atoms with Crippen LogP contribution in [0.4, 0.5) is 0 Å². The van der Waals surface area contributed by atoms with E-state index in [1.54, 1.807) is 0 Å². The van der Waals surface area contributed by atoms with E-state index in [4.69, 9.17) is 4.74 Å². The van der Waals surface area contributed by atoms with E-state index in [1.807, 2.05) is 42.6 Å². The summed E-state index contributed by atoms with van der Waals surface area (Å²) in [5.41, 5.74) is 2.16. The zero-order valence-electron chi connectivity index (χ0n) is 12.2. The highest BCUT2D eigenvalue weighted by molar-refractivity contribution is 5.40. The predicted octanol–water partition coefficient (Wildman–Crippen LogP) is 3.57. The third kappa shape index (κ3) is 3.58. The molecule has 20 heavy (non-hydrogen) atoms. The van der Waals surface area contributed by atoms with Crippen LogP contribution in [0.5, 0.6) is 5.75 Å². The molecule has 1 atom stereocenters. The van der Waals surface area contributed by atoms with Crippen LogP contribution in [0.1, 0.15) is 37.6 Å². The molecule has 0 saturated carbocycles. The van der Waals surface area contributed by atoms with Gasteiger partial charge >= 0.3 is 0 Å². The van der Waals surface area contributed by atoms with Crippen molar-refractivity contribution in [3.05, 3.63) is 59.9 Å². The predicted molar refractivity (Wildman–Crippen MR) is 82.0 cm³/mol. The lowest BCUT2D eigenvalue weighted by Gasteiger charge is -2.21. The van der Waals surface area contributed by atoms with Crippen LogP contribution in [0.15, 0.2) is 48.7 Å². The zero-order valence-corrected chi connectivity index (χ0v) is 12.2. The van der Waals surface area contributed by atoms with E-state index in [0.29, 0.717) is 0 Å². The number of pyridine rings is 1. The lowest BCUT2D eigenvalue weighted by atomic mass is 10.0. The summed E-state index contributed by atoms with van der Waals surface area (Å²) in [6.07, 6.45) is 2.83. The van der Waals surface area contributed by atoms with Gasteiger partial charge in [0.1, 0.15) is 5.75 Å². The monoisotopic (exact) mass is 270 g/mol. The number of nitrogens with zero attached hydrogens (tertiary/aromatic N) is 1. The molecule has 0 aliphatic carbocycles. The maximum absolute atomic E-state index is 5.87. The van der Waals surface area contributed by atoms with Crippen LogP contribution < -0.4 is 10.1 Å². The maximum Gasteiger partial charge on any atom is 0.124 e. The highest BCUT2D eigenvalue weighted by Crippen LogP contribution is 2.29. The largest absolute Gasteiger partial charge is 0.493 e. The molecule has 2 aromatic rings. The van der Waals surface area contributed by atoms with Crippen molar-refractivity contribution in [2.45, 2.75) is 26.3 Å². The molecule has 3 nitrogen and oxygen atoms in total. The molecule has 2 rings (SSSR count). The Labute approximate surface area is 121 Å². The summed E-state index contributed by atoms with van der Waals surface area (Å²) >= 11 is 0. The van der Waals surface area contributed by atoms with Crippen molar-refractivity contribution in [1.29, 1.82) is 0 Å². The summed E-state index contributed by atoms with van der Waals surface area (Å²) in [6, 6.07) is 14.2. The minimum atomic E-state index is 0.0641. The van der Waals surface area contributed by atoms with Gasteiger partial charge in [0, 0.05) is 11.8 Å². The number of hydrogen-bond donors (Lipinski definition) is 1. The topological polar surface area (TPSA) is 34.1 Å². The van der Waals surface area contributed by atoms with Gasteiger partial charge < -0.3 is 10.1 Å². The average Bonchev–Trinajstić information content (AvgIpc) is 2.52. The normalized spacial score (nSPS) is 12.1. The van der Waals surface area contributed by atoms with Gasteiger partial charge in [-0.1, -0.05) is 38.1 Å².